The number of hydrogen-bond donors (Lipinski definition) is 2. The molecule has 28 heavy (non-hydrogen) atoms. The van der Waals surface area contributed by atoms with Crippen LogP contribution >= 0.6 is 0 Å². The highest BCUT2D eigenvalue weighted by Crippen LogP contribution is 2.31. The summed E-state index contributed by atoms with van der Waals surface area (Å²) in [4.78, 5) is 37.8. The summed E-state index contributed by atoms with van der Waals surface area (Å²) >= 11 is 0. The van der Waals surface area contributed by atoms with Crippen molar-refractivity contribution in [3.8, 4) is 0 Å². The minimum atomic E-state index is -0.664. The number of methoxy groups -OCH3 is 2. The second kappa shape index (κ2) is 9.86. The molecule has 1 atom stereocenters. The molecular formula is C19H25N3O6. The van der Waals surface area contributed by atoms with Gasteiger partial charge >= 0.3 is 12.0 Å². The zero-order valence-electron chi connectivity index (χ0n) is 16.4. The largest absolute Gasteiger partial charge is 0.460 e. The highest BCUT2D eigenvalue weighted by atomic mass is 16.6. The van der Waals surface area contributed by atoms with Gasteiger partial charge in [-0.15, -0.1) is 0 Å². The number of hydrogen-bond acceptors (Lipinski definition) is 6. The van der Waals surface area contributed by atoms with Crippen LogP contribution in [0.1, 0.15) is 18.5 Å². The lowest BCUT2D eigenvalue weighted by Gasteiger charge is -2.33. The summed E-state index contributed by atoms with van der Waals surface area (Å²) in [5.74, 6) is -0.801. The van der Waals surface area contributed by atoms with Crippen LogP contribution in [-0.4, -0.2) is 63.9 Å². The summed E-state index contributed by atoms with van der Waals surface area (Å²) in [6.45, 7) is 2.03. The van der Waals surface area contributed by atoms with Crippen molar-refractivity contribution in [2.24, 2.45) is 0 Å². The fourth-order valence-electron chi connectivity index (χ4n) is 2.73. The number of allylic oxidation sites excluding steroid dienone is 1. The van der Waals surface area contributed by atoms with Gasteiger partial charge in [-0.25, -0.2) is 9.59 Å². The maximum atomic E-state index is 12.6. The quantitative estimate of drug-likeness (QED) is 0.513. The maximum absolute atomic E-state index is 12.6. The van der Waals surface area contributed by atoms with Crippen molar-refractivity contribution in [3.63, 3.8) is 0 Å². The highest BCUT2D eigenvalue weighted by Gasteiger charge is 2.34. The van der Waals surface area contributed by atoms with Gasteiger partial charge in [-0.3, -0.25) is 4.79 Å². The van der Waals surface area contributed by atoms with Gasteiger partial charge in [-0.2, -0.15) is 0 Å². The lowest BCUT2D eigenvalue weighted by Crippen LogP contribution is -2.46. The van der Waals surface area contributed by atoms with E-state index in [0.717, 1.165) is 0 Å². The lowest BCUT2D eigenvalue weighted by molar-refractivity contribution is -0.140. The molecular weight excluding hydrogens is 366 g/mol. The molecule has 3 amide bonds. The zero-order chi connectivity index (χ0) is 20.7. The molecule has 0 aromatic heterocycles. The number of ether oxygens (including phenoxy) is 3. The van der Waals surface area contributed by atoms with Crippen LogP contribution in [0.2, 0.25) is 0 Å². The van der Waals surface area contributed by atoms with Gasteiger partial charge in [0.1, 0.15) is 13.2 Å². The third kappa shape index (κ3) is 5.08. The van der Waals surface area contributed by atoms with E-state index in [2.05, 4.69) is 10.6 Å². The van der Waals surface area contributed by atoms with Crippen molar-refractivity contribution < 1.29 is 28.6 Å². The first kappa shape index (κ1) is 21.4. The molecule has 0 radical (unpaired) electrons. The third-order valence-corrected chi connectivity index (χ3v) is 4.30. The molecule has 9 heteroatoms. The second-order valence-corrected chi connectivity index (χ2v) is 6.17. The van der Waals surface area contributed by atoms with Crippen LogP contribution in [0, 0.1) is 0 Å². The van der Waals surface area contributed by atoms with Crippen LogP contribution in [0.25, 0.3) is 0 Å². The molecule has 2 rings (SSSR count). The molecule has 0 saturated heterocycles. The number of anilines is 1. The van der Waals surface area contributed by atoms with Gasteiger partial charge in [-0.05, 0) is 24.6 Å². The molecule has 1 aliphatic rings. The molecule has 9 nitrogen and oxygen atoms in total. The molecule has 1 aliphatic heterocycles. The minimum absolute atomic E-state index is 0.0494. The van der Waals surface area contributed by atoms with E-state index in [4.69, 9.17) is 14.2 Å². The van der Waals surface area contributed by atoms with Gasteiger partial charge in [0.15, 0.2) is 0 Å². The predicted octanol–water partition coefficient (Wildman–Crippen LogP) is 1.43. The molecule has 1 heterocycles. The molecule has 0 fully saturated rings. The van der Waals surface area contributed by atoms with Gasteiger partial charge in [0, 0.05) is 32.7 Å². The number of carbonyl (C=O) groups excluding carboxylic acids is 3. The topological polar surface area (TPSA) is 106 Å². The number of urea groups is 1. The number of esters is 1. The monoisotopic (exact) mass is 391 g/mol. The van der Waals surface area contributed by atoms with E-state index in [1.165, 1.54) is 19.1 Å². The smallest absolute Gasteiger partial charge is 0.338 e. The van der Waals surface area contributed by atoms with E-state index in [1.54, 1.807) is 38.2 Å². The molecule has 1 aromatic rings. The molecule has 152 valence electrons. The Morgan fingerprint density at radius 1 is 1.14 bits per heavy atom. The Labute approximate surface area is 163 Å². The molecule has 0 bridgehead atoms. The van der Waals surface area contributed by atoms with E-state index in [9.17, 15) is 14.4 Å². The normalized spacial score (nSPS) is 16.6. The first-order valence-corrected chi connectivity index (χ1v) is 8.68. The summed E-state index contributed by atoms with van der Waals surface area (Å²) in [7, 11) is 4.54. The van der Waals surface area contributed by atoms with Crippen molar-refractivity contribution in [2.75, 3.05) is 46.4 Å². The van der Waals surface area contributed by atoms with Crippen LogP contribution in [-0.2, 0) is 23.8 Å². The first-order chi connectivity index (χ1) is 13.4. The SMILES string of the molecule is COCCOC(=O)C1=C(C)N(C)C(=O)NC1c1ccc(NC(=O)COC)cc1. The van der Waals surface area contributed by atoms with E-state index in [0.29, 0.717) is 22.5 Å². The Hall–Kier alpha value is -2.91. The average molecular weight is 391 g/mol. The maximum Gasteiger partial charge on any atom is 0.338 e. The Morgan fingerprint density at radius 2 is 1.82 bits per heavy atom. The van der Waals surface area contributed by atoms with Gasteiger partial charge in [0.25, 0.3) is 0 Å². The Kier molecular flexibility index (Phi) is 7.53. The van der Waals surface area contributed by atoms with Gasteiger partial charge in [0.2, 0.25) is 5.91 Å². The zero-order valence-corrected chi connectivity index (χ0v) is 16.4. The Balaban J connectivity index is 2.26. The van der Waals surface area contributed by atoms with E-state index >= 15 is 0 Å². The summed E-state index contributed by atoms with van der Waals surface area (Å²) < 4.78 is 14.9. The molecule has 0 spiro atoms. The molecule has 1 unspecified atom stereocenters. The number of nitrogens with zero attached hydrogens (tertiary/aromatic N) is 1. The summed E-state index contributed by atoms with van der Waals surface area (Å²) in [6.07, 6.45) is 0. The van der Waals surface area contributed by atoms with Crippen LogP contribution in [0.4, 0.5) is 10.5 Å². The summed E-state index contributed by atoms with van der Waals surface area (Å²) in [5, 5.41) is 5.49. The van der Waals surface area contributed by atoms with Crippen molar-refractivity contribution in [2.45, 2.75) is 13.0 Å². The molecule has 0 saturated carbocycles. The number of benzene rings is 1. The van der Waals surface area contributed by atoms with Crippen LogP contribution < -0.4 is 10.6 Å². The highest BCUT2D eigenvalue weighted by molar-refractivity contribution is 5.95. The second-order valence-electron chi connectivity index (χ2n) is 6.17. The average Bonchev–Trinajstić information content (AvgIpc) is 2.66. The molecule has 0 aliphatic carbocycles. The summed E-state index contributed by atoms with van der Waals surface area (Å²) in [5.41, 5.74) is 2.11. The molecule has 1 aromatic carbocycles. The fraction of sp³-hybridized carbons (Fsp3) is 0.421. The first-order valence-electron chi connectivity index (χ1n) is 8.68. The van der Waals surface area contributed by atoms with Crippen LogP contribution in [0.5, 0.6) is 0 Å². The predicted molar refractivity (Wildman–Crippen MR) is 102 cm³/mol. The standard InChI is InChI=1S/C19H25N3O6/c1-12-16(18(24)28-10-9-26-3)17(21-19(25)22(12)2)13-5-7-14(8-6-13)20-15(23)11-27-4/h5-8,17H,9-11H2,1-4H3,(H,20,23)(H,21,25). The lowest BCUT2D eigenvalue weighted by atomic mass is 9.95. The van der Waals surface area contributed by atoms with Crippen molar-refractivity contribution >= 4 is 23.6 Å². The van der Waals surface area contributed by atoms with Crippen molar-refractivity contribution in [1.29, 1.82) is 0 Å². The number of nitrogens with one attached hydrogen (secondary N) is 2. The van der Waals surface area contributed by atoms with Crippen LogP contribution in [0.3, 0.4) is 0 Å². The Morgan fingerprint density at radius 3 is 2.43 bits per heavy atom. The van der Waals surface area contributed by atoms with Gasteiger partial charge < -0.3 is 29.7 Å². The van der Waals surface area contributed by atoms with Gasteiger partial charge in [-0.1, -0.05) is 12.1 Å². The molecule has 2 N–H and O–H groups in total. The van der Waals surface area contributed by atoms with E-state index < -0.39 is 12.0 Å². The van der Waals surface area contributed by atoms with E-state index in [1.807, 2.05) is 0 Å². The number of carbonyl (C=O) groups is 3. The van der Waals surface area contributed by atoms with Gasteiger partial charge in [0.05, 0.1) is 18.2 Å². The Bertz CT molecular complexity index is 759. The number of amides is 3. The fourth-order valence-corrected chi connectivity index (χ4v) is 2.73. The minimum Gasteiger partial charge on any atom is -0.460 e. The third-order valence-electron chi connectivity index (χ3n) is 4.30. The van der Waals surface area contributed by atoms with E-state index in [-0.39, 0.29) is 31.8 Å². The number of rotatable bonds is 8. The summed E-state index contributed by atoms with van der Waals surface area (Å²) in [6, 6.07) is 5.85. The van der Waals surface area contributed by atoms with Crippen molar-refractivity contribution in [3.05, 3.63) is 41.1 Å². The van der Waals surface area contributed by atoms with Crippen molar-refractivity contribution in [1.82, 2.24) is 10.2 Å². The van der Waals surface area contributed by atoms with Crippen LogP contribution in [0.15, 0.2) is 35.5 Å².